The Morgan fingerprint density at radius 3 is 2.36 bits per heavy atom. The quantitative estimate of drug-likeness (QED) is 0.632. The Labute approximate surface area is 153 Å². The fraction of sp³-hybridized carbons (Fsp3) is 1.00. The highest BCUT2D eigenvalue weighted by atomic mass is 31.2. The molecule has 4 bridgehead atoms. The van der Waals surface area contributed by atoms with Gasteiger partial charge in [0, 0.05) is 0 Å². The van der Waals surface area contributed by atoms with E-state index >= 15 is 0 Å². The maximum absolute atomic E-state index is 13.0. The van der Waals surface area contributed by atoms with Crippen molar-refractivity contribution in [2.45, 2.75) is 72.8 Å². The second-order valence-electron chi connectivity index (χ2n) is 9.44. The lowest BCUT2D eigenvalue weighted by Gasteiger charge is -2.44. The zero-order valence-electron chi connectivity index (χ0n) is 16.7. The largest absolute Gasteiger partial charge is 0.392 e. The average molecular weight is 372 g/mol. The van der Waals surface area contributed by atoms with Gasteiger partial charge in [0.2, 0.25) is 0 Å². The average Bonchev–Trinajstić information content (AvgIpc) is 2.98. The van der Waals surface area contributed by atoms with E-state index in [-0.39, 0.29) is 17.5 Å². The Morgan fingerprint density at radius 2 is 1.76 bits per heavy atom. The van der Waals surface area contributed by atoms with Gasteiger partial charge in [-0.25, -0.2) is 0 Å². The topological polar surface area (TPSA) is 55.8 Å². The zero-order chi connectivity index (χ0) is 18.5. The lowest BCUT2D eigenvalue weighted by atomic mass is 9.63. The van der Waals surface area contributed by atoms with Crippen LogP contribution in [0.3, 0.4) is 0 Å². The van der Waals surface area contributed by atoms with Gasteiger partial charge < -0.3 is 14.2 Å². The molecule has 0 saturated heterocycles. The molecule has 3 rings (SSSR count). The number of rotatable bonds is 7. The van der Waals surface area contributed by atoms with Crippen LogP contribution in [0.1, 0.15) is 66.7 Å². The summed E-state index contributed by atoms with van der Waals surface area (Å²) in [6.07, 6.45) is 5.77. The first-order valence-corrected chi connectivity index (χ1v) is 12.0. The van der Waals surface area contributed by atoms with E-state index in [1.807, 2.05) is 13.8 Å². The molecule has 3 saturated carbocycles. The highest BCUT2D eigenvalue weighted by Crippen LogP contribution is 2.71. The molecule has 0 unspecified atom stereocenters. The molecule has 0 amide bonds. The van der Waals surface area contributed by atoms with Crippen molar-refractivity contribution in [3.05, 3.63) is 0 Å². The van der Waals surface area contributed by atoms with Gasteiger partial charge in [-0.15, -0.1) is 0 Å². The summed E-state index contributed by atoms with van der Waals surface area (Å²) >= 11 is 0. The Hall–Kier alpha value is 0.110. The van der Waals surface area contributed by atoms with E-state index in [2.05, 4.69) is 20.8 Å². The molecule has 0 aromatic rings. The molecule has 1 N–H and O–H groups in total. The van der Waals surface area contributed by atoms with Crippen molar-refractivity contribution in [1.82, 2.24) is 0 Å². The third kappa shape index (κ3) is 3.26. The summed E-state index contributed by atoms with van der Waals surface area (Å²) in [5.41, 5.74) is 0.519. The third-order valence-corrected chi connectivity index (χ3v) is 9.82. The molecule has 0 aliphatic heterocycles. The molecule has 6 atom stereocenters. The normalized spacial score (nSPS) is 40.9. The van der Waals surface area contributed by atoms with Gasteiger partial charge in [-0.1, -0.05) is 27.2 Å². The van der Waals surface area contributed by atoms with Crippen LogP contribution in [-0.4, -0.2) is 30.6 Å². The fourth-order valence-electron chi connectivity index (χ4n) is 7.08. The van der Waals surface area contributed by atoms with Crippen LogP contribution in [-0.2, 0) is 13.6 Å². The minimum Gasteiger partial charge on any atom is -0.392 e. The second-order valence-corrected chi connectivity index (χ2v) is 11.5. The predicted octanol–water partition coefficient (Wildman–Crippen LogP) is 5.10. The Balaban J connectivity index is 1.86. The van der Waals surface area contributed by atoms with Crippen molar-refractivity contribution in [1.29, 1.82) is 0 Å². The zero-order valence-corrected chi connectivity index (χ0v) is 17.6. The van der Waals surface area contributed by atoms with Crippen molar-refractivity contribution >= 4 is 7.60 Å². The van der Waals surface area contributed by atoms with Crippen molar-refractivity contribution in [2.75, 3.05) is 19.4 Å². The minimum atomic E-state index is -3.21. The number of aliphatic hydroxyl groups excluding tert-OH is 1. The Kier molecular flexibility index (Phi) is 5.50. The van der Waals surface area contributed by atoms with Gasteiger partial charge in [0.1, 0.15) is 0 Å². The summed E-state index contributed by atoms with van der Waals surface area (Å²) in [4.78, 5) is 0. The van der Waals surface area contributed by atoms with Crippen LogP contribution in [0.4, 0.5) is 0 Å². The van der Waals surface area contributed by atoms with Gasteiger partial charge in [-0.05, 0) is 74.0 Å². The van der Waals surface area contributed by atoms with Crippen molar-refractivity contribution in [2.24, 2.45) is 34.5 Å². The molecule has 3 aliphatic rings. The van der Waals surface area contributed by atoms with E-state index in [0.717, 1.165) is 0 Å². The summed E-state index contributed by atoms with van der Waals surface area (Å²) in [5.74, 6) is 2.17. The van der Waals surface area contributed by atoms with Gasteiger partial charge in [-0.3, -0.25) is 4.57 Å². The molecule has 0 aromatic carbocycles. The molecule has 0 heterocycles. The van der Waals surface area contributed by atoms with E-state index in [4.69, 9.17) is 9.05 Å². The van der Waals surface area contributed by atoms with Crippen LogP contribution in [0.15, 0.2) is 0 Å². The molecule has 4 nitrogen and oxygen atoms in total. The SMILES string of the molecule is CCOP(=O)(C[C@@H](O)[C@H]1[C@H]2CC[C@@H]3[C@@H]2C(C)(C)CCC[C@]13C)OCC. The number of hydrogen-bond donors (Lipinski definition) is 1. The highest BCUT2D eigenvalue weighted by molar-refractivity contribution is 7.53. The third-order valence-electron chi connectivity index (χ3n) is 7.69. The monoisotopic (exact) mass is 372 g/mol. The first-order chi connectivity index (χ1) is 11.7. The molecular weight excluding hydrogens is 335 g/mol. The molecule has 3 fully saturated rings. The number of aliphatic hydroxyl groups is 1. The van der Waals surface area contributed by atoms with E-state index in [1.54, 1.807) is 0 Å². The standard InChI is InChI=1S/C20H37O4P/c1-6-23-25(22,24-7-2)13-16(21)18-14-9-10-15-17(14)19(3,4)11-8-12-20(15,18)5/h14-18,21H,6-13H2,1-5H3/t14-,15+,16+,17+,18+,20-/m0/s1. The molecule has 0 aromatic heterocycles. The predicted molar refractivity (Wildman–Crippen MR) is 101 cm³/mol. The van der Waals surface area contributed by atoms with E-state index in [1.165, 1.54) is 32.1 Å². The summed E-state index contributed by atoms with van der Waals surface area (Å²) in [6, 6.07) is 0. The second kappa shape index (κ2) is 6.93. The van der Waals surface area contributed by atoms with Gasteiger partial charge in [0.15, 0.2) is 0 Å². The smallest absolute Gasteiger partial charge is 0.333 e. The fourth-order valence-corrected chi connectivity index (χ4v) is 8.84. The molecule has 0 spiro atoms. The minimum absolute atomic E-state index is 0.144. The van der Waals surface area contributed by atoms with Crippen LogP contribution < -0.4 is 0 Å². The number of hydrogen-bond acceptors (Lipinski definition) is 4. The molecule has 3 aliphatic carbocycles. The van der Waals surface area contributed by atoms with Gasteiger partial charge in [0.25, 0.3) is 0 Å². The van der Waals surface area contributed by atoms with Crippen LogP contribution >= 0.6 is 7.60 Å². The van der Waals surface area contributed by atoms with E-state index in [9.17, 15) is 9.67 Å². The maximum Gasteiger partial charge on any atom is 0.333 e. The summed E-state index contributed by atoms with van der Waals surface area (Å²) < 4.78 is 23.9. The van der Waals surface area contributed by atoms with Crippen molar-refractivity contribution in [3.63, 3.8) is 0 Å². The first-order valence-electron chi connectivity index (χ1n) is 10.2. The van der Waals surface area contributed by atoms with Crippen LogP contribution in [0, 0.1) is 34.5 Å². The van der Waals surface area contributed by atoms with Crippen LogP contribution in [0.25, 0.3) is 0 Å². The molecule has 0 radical (unpaired) electrons. The van der Waals surface area contributed by atoms with Crippen LogP contribution in [0.5, 0.6) is 0 Å². The van der Waals surface area contributed by atoms with Gasteiger partial charge in [-0.2, -0.15) is 0 Å². The highest BCUT2D eigenvalue weighted by Gasteiger charge is 2.66. The van der Waals surface area contributed by atoms with E-state index < -0.39 is 13.7 Å². The Morgan fingerprint density at radius 1 is 1.12 bits per heavy atom. The summed E-state index contributed by atoms with van der Waals surface area (Å²) in [5, 5.41) is 11.2. The van der Waals surface area contributed by atoms with Crippen molar-refractivity contribution in [3.8, 4) is 0 Å². The van der Waals surface area contributed by atoms with Crippen molar-refractivity contribution < 1.29 is 18.7 Å². The van der Waals surface area contributed by atoms with Gasteiger partial charge >= 0.3 is 7.60 Å². The molecule has 146 valence electrons. The maximum atomic E-state index is 13.0. The van der Waals surface area contributed by atoms with Gasteiger partial charge in [0.05, 0.1) is 25.5 Å². The molecular formula is C20H37O4P. The lowest BCUT2D eigenvalue weighted by molar-refractivity contribution is -0.0129. The molecule has 25 heavy (non-hydrogen) atoms. The summed E-state index contributed by atoms with van der Waals surface area (Å²) in [7, 11) is -3.21. The Bertz CT molecular complexity index is 524. The summed E-state index contributed by atoms with van der Waals surface area (Å²) in [6.45, 7) is 11.6. The van der Waals surface area contributed by atoms with E-state index in [0.29, 0.717) is 36.4 Å². The van der Waals surface area contributed by atoms with Crippen LogP contribution in [0.2, 0.25) is 0 Å². The lowest BCUT2D eigenvalue weighted by Crippen LogP contribution is -2.42. The first kappa shape index (κ1) is 19.9. The molecule has 5 heteroatoms.